The molecule has 9 atom stereocenters. The fourth-order valence-corrected chi connectivity index (χ4v) is 9.36. The maximum atomic E-state index is 14.5. The molecular weight excluding hydrogens is 795 g/mol. The van der Waals surface area contributed by atoms with Gasteiger partial charge in [0.25, 0.3) is 0 Å². The van der Waals surface area contributed by atoms with Gasteiger partial charge >= 0.3 is 0 Å². The van der Waals surface area contributed by atoms with Crippen molar-refractivity contribution in [1.29, 1.82) is 0 Å². The zero-order valence-corrected chi connectivity index (χ0v) is 39.8. The van der Waals surface area contributed by atoms with E-state index in [1.54, 1.807) is 32.4 Å². The second kappa shape index (κ2) is 26.2. The molecule has 0 saturated carbocycles. The average Bonchev–Trinajstić information content (AvgIpc) is 3.96. The van der Waals surface area contributed by atoms with Crippen LogP contribution in [0.2, 0.25) is 0 Å². The van der Waals surface area contributed by atoms with Crippen LogP contribution in [0.5, 0.6) is 0 Å². The molecule has 61 heavy (non-hydrogen) atoms. The molecule has 3 N–H and O–H groups in total. The monoisotopic (exact) mass is 872 g/mol. The molecule has 1 aliphatic rings. The maximum absolute atomic E-state index is 14.5. The lowest BCUT2D eigenvalue weighted by Crippen LogP contribution is -2.60. The molecule has 0 radical (unpaired) electrons. The predicted octanol–water partition coefficient (Wildman–Crippen LogP) is 4.80. The molecule has 0 spiro atoms. The van der Waals surface area contributed by atoms with Gasteiger partial charge in [-0.15, -0.1) is 11.3 Å². The van der Waals surface area contributed by atoms with E-state index in [9.17, 15) is 19.2 Å². The van der Waals surface area contributed by atoms with Crippen LogP contribution in [0.15, 0.2) is 41.9 Å². The van der Waals surface area contributed by atoms with Gasteiger partial charge in [0.05, 0.1) is 61.9 Å². The highest BCUT2D eigenvalue weighted by Crippen LogP contribution is 2.30. The minimum Gasteiger partial charge on any atom is -0.379 e. The van der Waals surface area contributed by atoms with Crippen LogP contribution >= 0.6 is 11.3 Å². The fraction of sp³-hybridized carbons (Fsp3) is 0.717. The van der Waals surface area contributed by atoms with E-state index in [-0.39, 0.29) is 59.9 Å². The van der Waals surface area contributed by atoms with Crippen LogP contribution < -0.4 is 16.0 Å². The van der Waals surface area contributed by atoms with Gasteiger partial charge in [-0.05, 0) is 56.7 Å². The second-order valence-corrected chi connectivity index (χ2v) is 18.3. The zero-order valence-electron chi connectivity index (χ0n) is 39.0. The Hall–Kier alpha value is -3.47. The Morgan fingerprint density at radius 3 is 2.23 bits per heavy atom. The number of likely N-dealkylation sites (N-methyl/N-ethyl adjacent to an activating group) is 3. The number of nitrogens with zero attached hydrogens (tertiary/aromatic N) is 4. The Morgan fingerprint density at radius 1 is 0.951 bits per heavy atom. The van der Waals surface area contributed by atoms with E-state index in [4.69, 9.17) is 14.2 Å². The van der Waals surface area contributed by atoms with Crippen LogP contribution in [0, 0.1) is 23.7 Å². The first-order valence-corrected chi connectivity index (χ1v) is 23.1. The first-order chi connectivity index (χ1) is 29.1. The molecule has 2 heterocycles. The van der Waals surface area contributed by atoms with Gasteiger partial charge in [-0.25, -0.2) is 4.98 Å². The van der Waals surface area contributed by atoms with Crippen LogP contribution in [0.25, 0.3) is 0 Å². The number of thiazole rings is 1. The van der Waals surface area contributed by atoms with Gasteiger partial charge in [0.1, 0.15) is 11.0 Å². The van der Waals surface area contributed by atoms with Gasteiger partial charge in [0.15, 0.2) is 0 Å². The van der Waals surface area contributed by atoms with Crippen LogP contribution in [0.1, 0.15) is 90.8 Å². The Kier molecular flexibility index (Phi) is 22.3. The van der Waals surface area contributed by atoms with E-state index in [2.05, 4.69) is 34.8 Å². The number of hydrogen-bond acceptors (Lipinski definition) is 11. The lowest BCUT2D eigenvalue weighted by Gasteiger charge is -2.41. The van der Waals surface area contributed by atoms with Crippen LogP contribution in [0.3, 0.4) is 0 Å². The van der Waals surface area contributed by atoms with E-state index < -0.39 is 36.3 Å². The minimum absolute atomic E-state index is 0.00993. The fourth-order valence-electron chi connectivity index (χ4n) is 8.67. The molecule has 4 amide bonds. The quantitative estimate of drug-likeness (QED) is 0.107. The number of likely N-dealkylation sites (tertiary alicyclic amines) is 1. The summed E-state index contributed by atoms with van der Waals surface area (Å²) in [6, 6.07) is 7.67. The molecule has 0 bridgehead atoms. The largest absolute Gasteiger partial charge is 0.379 e. The SMILES string of the molecule is CC[C@H](C)C([C@@H](CC(=O)N1CCC[C@H]1[C@H](OC)[C@@H](C)C(=O)N[C@@H](Cc1ccccc1)c1nccs1)OC)N(C)C(=O)[C@@H](NC(=O)C(C(C)C)N(C)CCOCCNC)C(C)C. The number of carbonyl (C=O) groups excluding carboxylic acids is 4. The number of benzene rings is 1. The van der Waals surface area contributed by atoms with Gasteiger partial charge in [-0.1, -0.05) is 85.2 Å². The standard InChI is InChI=1S/C46H77N7O7S/c1-13-32(6)41(52(10)46(57)39(30(2)3)50-44(56)40(31(4)5)51(9)24-26-60-25-21-47-8)37(58-11)29-38(54)53-23-17-20-36(53)42(59-12)33(7)43(55)49-35(45-48-22-27-61-45)28-34-18-15-14-16-19-34/h14-16,18-19,22,27,30-33,35-37,39-42,47H,13,17,20-21,23-26,28-29H2,1-12H3,(H,49,55)(H,50,56)/t32-,33+,35-,36-,37+,39-,40?,41?,42+/m0/s1. The number of amides is 4. The van der Waals surface area contributed by atoms with Crippen molar-refractivity contribution in [2.75, 3.05) is 68.2 Å². The van der Waals surface area contributed by atoms with Crippen molar-refractivity contribution in [2.45, 2.75) is 123 Å². The second-order valence-electron chi connectivity index (χ2n) is 17.3. The molecule has 1 aliphatic heterocycles. The topological polar surface area (TPSA) is 155 Å². The molecule has 344 valence electrons. The first kappa shape index (κ1) is 51.9. The van der Waals surface area contributed by atoms with Gasteiger partial charge in [-0.2, -0.15) is 0 Å². The first-order valence-electron chi connectivity index (χ1n) is 22.2. The average molecular weight is 872 g/mol. The Labute approximate surface area is 370 Å². The van der Waals surface area contributed by atoms with E-state index in [0.717, 1.165) is 30.0 Å². The van der Waals surface area contributed by atoms with Gasteiger partial charge < -0.3 is 40.0 Å². The highest BCUT2D eigenvalue weighted by Gasteiger charge is 2.43. The Bertz CT molecular complexity index is 1600. The third kappa shape index (κ3) is 14.8. The summed E-state index contributed by atoms with van der Waals surface area (Å²) in [6.07, 6.45) is 3.41. The zero-order chi connectivity index (χ0) is 45.2. The highest BCUT2D eigenvalue weighted by atomic mass is 32.1. The van der Waals surface area contributed by atoms with E-state index in [1.165, 1.54) is 11.3 Å². The van der Waals surface area contributed by atoms with Gasteiger partial charge in [0.2, 0.25) is 23.6 Å². The lowest BCUT2D eigenvalue weighted by molar-refractivity contribution is -0.148. The van der Waals surface area contributed by atoms with Gasteiger partial charge in [0, 0.05) is 52.5 Å². The number of nitrogens with one attached hydrogen (secondary N) is 3. The van der Waals surface area contributed by atoms with Crippen LogP contribution in [0.4, 0.5) is 0 Å². The Morgan fingerprint density at radius 2 is 1.66 bits per heavy atom. The van der Waals surface area contributed by atoms with Gasteiger partial charge in [-0.3, -0.25) is 24.1 Å². The van der Waals surface area contributed by atoms with Crippen molar-refractivity contribution < 1.29 is 33.4 Å². The highest BCUT2D eigenvalue weighted by molar-refractivity contribution is 7.09. The summed E-state index contributed by atoms with van der Waals surface area (Å²) >= 11 is 1.51. The molecule has 1 fully saturated rings. The lowest BCUT2D eigenvalue weighted by atomic mass is 9.89. The molecule has 1 saturated heterocycles. The molecular formula is C46H77N7O7S. The van der Waals surface area contributed by atoms with Crippen LogP contribution in [-0.4, -0.2) is 148 Å². The summed E-state index contributed by atoms with van der Waals surface area (Å²) in [7, 11) is 8.72. The smallest absolute Gasteiger partial charge is 0.245 e. The summed E-state index contributed by atoms with van der Waals surface area (Å²) in [5, 5.41) is 12.1. The number of rotatable bonds is 27. The van der Waals surface area contributed by atoms with Crippen LogP contribution in [-0.2, 0) is 39.8 Å². The number of ether oxygens (including phenoxy) is 3. The summed E-state index contributed by atoms with van der Waals surface area (Å²) in [6.45, 7) is 16.8. The molecule has 1 aromatic heterocycles. The predicted molar refractivity (Wildman–Crippen MR) is 242 cm³/mol. The molecule has 3 rings (SSSR count). The van der Waals surface area contributed by atoms with Crippen molar-refractivity contribution in [3.63, 3.8) is 0 Å². The van der Waals surface area contributed by atoms with E-state index >= 15 is 0 Å². The van der Waals surface area contributed by atoms with Crippen molar-refractivity contribution in [1.82, 2.24) is 35.6 Å². The molecule has 14 nitrogen and oxygen atoms in total. The summed E-state index contributed by atoms with van der Waals surface area (Å²) < 4.78 is 17.9. The summed E-state index contributed by atoms with van der Waals surface area (Å²) in [4.78, 5) is 66.9. The molecule has 1 aromatic carbocycles. The third-order valence-electron chi connectivity index (χ3n) is 12.3. The maximum Gasteiger partial charge on any atom is 0.245 e. The van der Waals surface area contributed by atoms with Crippen molar-refractivity contribution >= 4 is 35.0 Å². The number of carbonyl (C=O) groups is 4. The van der Waals surface area contributed by atoms with Crippen molar-refractivity contribution in [3.8, 4) is 0 Å². The minimum atomic E-state index is -0.792. The number of hydrogen-bond donors (Lipinski definition) is 3. The number of aromatic nitrogens is 1. The van der Waals surface area contributed by atoms with E-state index in [0.29, 0.717) is 39.1 Å². The normalized spacial score (nSPS) is 18.3. The van der Waals surface area contributed by atoms with E-state index in [1.807, 2.05) is 94.2 Å². The van der Waals surface area contributed by atoms with Crippen molar-refractivity contribution in [3.05, 3.63) is 52.5 Å². The molecule has 0 aliphatic carbocycles. The number of methoxy groups -OCH3 is 2. The third-order valence-corrected chi connectivity index (χ3v) is 13.2. The summed E-state index contributed by atoms with van der Waals surface area (Å²) in [5.41, 5.74) is 1.09. The Balaban J connectivity index is 1.76. The molecule has 2 unspecified atom stereocenters. The summed E-state index contributed by atoms with van der Waals surface area (Å²) in [5.74, 6) is -1.53. The molecule has 15 heteroatoms. The van der Waals surface area contributed by atoms with Crippen molar-refractivity contribution in [2.24, 2.45) is 23.7 Å². The molecule has 2 aromatic rings.